The van der Waals surface area contributed by atoms with Gasteiger partial charge in [0, 0.05) is 37.6 Å². The van der Waals surface area contributed by atoms with Crippen molar-refractivity contribution in [2.24, 2.45) is 23.2 Å². The fourth-order valence-electron chi connectivity index (χ4n) is 8.63. The van der Waals surface area contributed by atoms with Crippen molar-refractivity contribution in [1.82, 2.24) is 20.4 Å². The van der Waals surface area contributed by atoms with Crippen LogP contribution >= 0.6 is 0 Å². The van der Waals surface area contributed by atoms with Gasteiger partial charge in [0.25, 0.3) is 0 Å². The molecule has 9 nitrogen and oxygen atoms in total. The predicted molar refractivity (Wildman–Crippen MR) is 182 cm³/mol. The Morgan fingerprint density at radius 1 is 0.938 bits per heavy atom. The van der Waals surface area contributed by atoms with Gasteiger partial charge in [0.05, 0.1) is 11.3 Å². The van der Waals surface area contributed by atoms with E-state index in [0.717, 1.165) is 37.7 Å². The zero-order valence-electron chi connectivity index (χ0n) is 29.9. The molecule has 5 fully saturated rings. The second kappa shape index (κ2) is 14.4. The Morgan fingerprint density at radius 2 is 1.58 bits per heavy atom. The van der Waals surface area contributed by atoms with Crippen molar-refractivity contribution >= 4 is 23.8 Å². The van der Waals surface area contributed by atoms with Gasteiger partial charge in [-0.15, -0.1) is 0 Å². The van der Waals surface area contributed by atoms with Crippen LogP contribution < -0.4 is 10.6 Å². The molecule has 3 saturated heterocycles. The SMILES string of the molecule is CC(C)(C)NC(=O)C1(C2CCCCC2)CCN(C(=O)[C@@H](Cc2ccc(F)cc2)NC(=O)[C@H]2C[C@@H]3CC[C@@H]2N(C(=O)OC(C)(C)C)C3)CC1. The molecule has 3 aliphatic heterocycles. The maximum atomic E-state index is 14.3. The molecule has 5 aliphatic rings. The summed E-state index contributed by atoms with van der Waals surface area (Å²) < 4.78 is 19.5. The highest BCUT2D eigenvalue weighted by molar-refractivity contribution is 5.90. The van der Waals surface area contributed by atoms with Crippen molar-refractivity contribution in [1.29, 1.82) is 0 Å². The summed E-state index contributed by atoms with van der Waals surface area (Å²) in [6.07, 6.45) is 8.79. The average Bonchev–Trinajstić information content (AvgIpc) is 3.04. The Hall–Kier alpha value is -3.17. The summed E-state index contributed by atoms with van der Waals surface area (Å²) in [6, 6.07) is 4.88. The van der Waals surface area contributed by atoms with Crippen LogP contribution in [-0.2, 0) is 25.5 Å². The third-order valence-corrected chi connectivity index (χ3v) is 11.0. The van der Waals surface area contributed by atoms with Crippen LogP contribution in [0.15, 0.2) is 24.3 Å². The maximum absolute atomic E-state index is 14.3. The summed E-state index contributed by atoms with van der Waals surface area (Å²) in [5, 5.41) is 6.36. The van der Waals surface area contributed by atoms with Crippen LogP contribution in [-0.4, -0.2) is 76.5 Å². The number of carbonyl (C=O) groups excluding carboxylic acids is 4. The van der Waals surface area contributed by atoms with Crippen molar-refractivity contribution in [3.05, 3.63) is 35.6 Å². The molecule has 1 aromatic carbocycles. The summed E-state index contributed by atoms with van der Waals surface area (Å²) >= 11 is 0. The van der Waals surface area contributed by atoms with E-state index in [4.69, 9.17) is 4.74 Å². The highest BCUT2D eigenvalue weighted by atomic mass is 19.1. The monoisotopic (exact) mass is 668 g/mol. The molecule has 2 aliphatic carbocycles. The van der Waals surface area contributed by atoms with E-state index < -0.39 is 29.1 Å². The van der Waals surface area contributed by atoms with Crippen LogP contribution in [0.25, 0.3) is 0 Å². The van der Waals surface area contributed by atoms with Crippen molar-refractivity contribution in [3.8, 4) is 0 Å². The molecule has 0 unspecified atom stereocenters. The fourth-order valence-corrected chi connectivity index (χ4v) is 8.63. The number of halogens is 1. The standard InChI is InChI=1S/C38H57FN4O5/c1-36(2,3)41-34(46)38(27-10-8-7-9-11-27)18-20-42(21-19-38)33(45)30(23-25-12-15-28(39)16-13-25)40-32(44)29-22-26-14-17-31(29)43(24-26)35(47)48-37(4,5)6/h12-13,15-16,26-27,29-31H,7-11,14,17-24H2,1-6H3,(H,40,44)(H,41,46)/t26-,29-,30+,31-/m0/s1. The van der Waals surface area contributed by atoms with E-state index in [1.165, 1.54) is 18.6 Å². The van der Waals surface area contributed by atoms with Gasteiger partial charge in [-0.1, -0.05) is 31.4 Å². The van der Waals surface area contributed by atoms with Gasteiger partial charge in [0.15, 0.2) is 0 Å². The van der Waals surface area contributed by atoms with E-state index >= 15 is 0 Å². The number of rotatable bonds is 7. The zero-order chi connectivity index (χ0) is 34.9. The molecule has 0 spiro atoms. The number of fused-ring (bicyclic) bond motifs is 3. The molecule has 0 radical (unpaired) electrons. The number of carbonyl (C=O) groups is 4. The van der Waals surface area contributed by atoms with E-state index in [0.29, 0.717) is 45.3 Å². The molecule has 2 N–H and O–H groups in total. The highest BCUT2D eigenvalue weighted by Crippen LogP contribution is 2.47. The quantitative estimate of drug-likeness (QED) is 0.371. The van der Waals surface area contributed by atoms with E-state index in [1.807, 2.05) is 41.5 Å². The second-order valence-corrected chi connectivity index (χ2v) is 16.9. The number of benzene rings is 1. The molecule has 1 aromatic rings. The molecular formula is C38H57FN4O5. The van der Waals surface area contributed by atoms with Crippen molar-refractivity contribution in [2.45, 2.75) is 135 Å². The average molecular weight is 669 g/mol. The molecule has 10 heteroatoms. The van der Waals surface area contributed by atoms with Crippen LogP contribution in [0.4, 0.5) is 9.18 Å². The molecule has 2 saturated carbocycles. The minimum absolute atomic E-state index is 0.0899. The third-order valence-electron chi connectivity index (χ3n) is 11.0. The molecular weight excluding hydrogens is 611 g/mol. The molecule has 3 heterocycles. The lowest BCUT2D eigenvalue weighted by Crippen LogP contribution is -2.62. The molecule has 4 atom stereocenters. The smallest absolute Gasteiger partial charge is 0.410 e. The fraction of sp³-hybridized carbons (Fsp3) is 0.737. The van der Waals surface area contributed by atoms with Crippen LogP contribution in [0.5, 0.6) is 0 Å². The normalized spacial score (nSPS) is 25.3. The molecule has 2 bridgehead atoms. The lowest BCUT2D eigenvalue weighted by Gasteiger charge is -2.49. The molecule has 6 rings (SSSR count). The summed E-state index contributed by atoms with van der Waals surface area (Å²) in [4.78, 5) is 58.9. The predicted octanol–water partition coefficient (Wildman–Crippen LogP) is 5.99. The Kier molecular flexibility index (Phi) is 10.8. The summed E-state index contributed by atoms with van der Waals surface area (Å²) in [5.41, 5.74) is -0.775. The van der Waals surface area contributed by atoms with Gasteiger partial charge in [0.2, 0.25) is 17.7 Å². The van der Waals surface area contributed by atoms with Gasteiger partial charge < -0.3 is 25.2 Å². The van der Waals surface area contributed by atoms with Gasteiger partial charge in [-0.3, -0.25) is 14.4 Å². The summed E-state index contributed by atoms with van der Waals surface area (Å²) in [5.74, 6) is -0.673. The van der Waals surface area contributed by atoms with E-state index in [9.17, 15) is 23.6 Å². The van der Waals surface area contributed by atoms with Gasteiger partial charge in [-0.25, -0.2) is 9.18 Å². The Bertz CT molecular complexity index is 1320. The molecule has 0 aromatic heterocycles. The highest BCUT2D eigenvalue weighted by Gasteiger charge is 2.50. The maximum Gasteiger partial charge on any atom is 0.410 e. The minimum atomic E-state index is -0.857. The largest absolute Gasteiger partial charge is 0.444 e. The summed E-state index contributed by atoms with van der Waals surface area (Å²) in [6.45, 7) is 13.0. The van der Waals surface area contributed by atoms with E-state index in [2.05, 4.69) is 10.6 Å². The number of piperidine rings is 3. The van der Waals surface area contributed by atoms with E-state index in [-0.39, 0.29) is 53.4 Å². The lowest BCUT2D eigenvalue weighted by atomic mass is 9.63. The molecule has 4 amide bonds. The van der Waals surface area contributed by atoms with Gasteiger partial charge in [-0.2, -0.15) is 0 Å². The van der Waals surface area contributed by atoms with Crippen LogP contribution in [0, 0.1) is 29.0 Å². The second-order valence-electron chi connectivity index (χ2n) is 16.9. The number of hydrogen-bond donors (Lipinski definition) is 2. The first kappa shape index (κ1) is 36.1. The van der Waals surface area contributed by atoms with Crippen molar-refractivity contribution in [3.63, 3.8) is 0 Å². The van der Waals surface area contributed by atoms with Crippen LogP contribution in [0.3, 0.4) is 0 Å². The van der Waals surface area contributed by atoms with Gasteiger partial charge in [0.1, 0.15) is 17.5 Å². The lowest BCUT2D eigenvalue weighted by molar-refractivity contribution is -0.148. The number of ether oxygens (including phenoxy) is 1. The Morgan fingerprint density at radius 3 is 2.17 bits per heavy atom. The number of hydrogen-bond acceptors (Lipinski definition) is 5. The number of nitrogens with zero attached hydrogens (tertiary/aromatic N) is 2. The van der Waals surface area contributed by atoms with Gasteiger partial charge >= 0.3 is 6.09 Å². The molecule has 266 valence electrons. The Balaban J connectivity index is 1.33. The van der Waals surface area contributed by atoms with Crippen molar-refractivity contribution < 1.29 is 28.3 Å². The number of likely N-dealkylation sites (tertiary alicyclic amines) is 1. The van der Waals surface area contributed by atoms with Crippen molar-refractivity contribution in [2.75, 3.05) is 19.6 Å². The first-order valence-electron chi connectivity index (χ1n) is 18.2. The van der Waals surface area contributed by atoms with Crippen LogP contribution in [0.1, 0.15) is 111 Å². The third kappa shape index (κ3) is 8.51. The number of amides is 4. The first-order chi connectivity index (χ1) is 22.5. The van der Waals surface area contributed by atoms with Crippen LogP contribution in [0.2, 0.25) is 0 Å². The number of nitrogens with one attached hydrogen (secondary N) is 2. The first-order valence-corrected chi connectivity index (χ1v) is 18.2. The summed E-state index contributed by atoms with van der Waals surface area (Å²) in [7, 11) is 0. The zero-order valence-corrected chi connectivity index (χ0v) is 29.9. The Labute approximate surface area is 286 Å². The minimum Gasteiger partial charge on any atom is -0.444 e. The van der Waals surface area contributed by atoms with E-state index in [1.54, 1.807) is 21.9 Å². The van der Waals surface area contributed by atoms with Gasteiger partial charge in [-0.05, 0) is 116 Å². The topological polar surface area (TPSA) is 108 Å². The molecule has 48 heavy (non-hydrogen) atoms.